The van der Waals surface area contributed by atoms with E-state index in [2.05, 4.69) is 4.98 Å². The fourth-order valence-corrected chi connectivity index (χ4v) is 1.70. The van der Waals surface area contributed by atoms with Crippen molar-refractivity contribution < 1.29 is 4.79 Å². The number of nitriles is 1. The van der Waals surface area contributed by atoms with Gasteiger partial charge in [0.05, 0.1) is 5.69 Å². The van der Waals surface area contributed by atoms with E-state index in [9.17, 15) is 4.79 Å². The summed E-state index contributed by atoms with van der Waals surface area (Å²) in [6.07, 6.45) is 3.45. The van der Waals surface area contributed by atoms with E-state index in [0.29, 0.717) is 17.9 Å². The van der Waals surface area contributed by atoms with E-state index in [1.807, 2.05) is 29.0 Å². The molecule has 0 N–H and O–H groups in total. The molecule has 0 radical (unpaired) electrons. The number of nitrogens with zero attached hydrogens (tertiary/aromatic N) is 3. The molecule has 2 heterocycles. The molecule has 0 aliphatic heterocycles. The summed E-state index contributed by atoms with van der Waals surface area (Å²) < 4.78 is 1.86. The van der Waals surface area contributed by atoms with Crippen molar-refractivity contribution in [1.82, 2.24) is 9.55 Å². The molecule has 0 bridgehead atoms. The Morgan fingerprint density at radius 2 is 2.35 bits per heavy atom. The molecule has 0 unspecified atom stereocenters. The normalized spacial score (nSPS) is 9.88. The molecule has 2 aromatic heterocycles. The van der Waals surface area contributed by atoms with Crippen molar-refractivity contribution in [2.24, 2.45) is 0 Å². The minimum Gasteiger partial charge on any atom is -0.341 e. The van der Waals surface area contributed by atoms with Crippen LogP contribution in [0.1, 0.15) is 28.7 Å². The van der Waals surface area contributed by atoms with E-state index >= 15 is 0 Å². The Labute approximate surface area is 99.1 Å². The zero-order valence-corrected chi connectivity index (χ0v) is 9.42. The van der Waals surface area contributed by atoms with E-state index in [1.165, 1.54) is 0 Å². The summed E-state index contributed by atoms with van der Waals surface area (Å²) >= 11 is 0. The van der Waals surface area contributed by atoms with Gasteiger partial charge in [-0.2, -0.15) is 5.26 Å². The highest BCUT2D eigenvalue weighted by atomic mass is 16.1. The van der Waals surface area contributed by atoms with Gasteiger partial charge in [-0.1, -0.05) is 0 Å². The van der Waals surface area contributed by atoms with Gasteiger partial charge in [-0.25, -0.2) is 4.98 Å². The number of Topliss-reactive ketones (excluding diaryl/α,β-unsaturated/α-hetero) is 1. The number of carbonyl (C=O) groups is 1. The predicted molar refractivity (Wildman–Crippen MR) is 62.5 cm³/mol. The van der Waals surface area contributed by atoms with Gasteiger partial charge in [0.2, 0.25) is 0 Å². The molecule has 0 aliphatic rings. The lowest BCUT2D eigenvalue weighted by Gasteiger charge is -2.07. The molecule has 0 amide bonds. The monoisotopic (exact) mass is 225 g/mol. The van der Waals surface area contributed by atoms with Crippen molar-refractivity contribution in [2.45, 2.75) is 13.5 Å². The van der Waals surface area contributed by atoms with Crippen molar-refractivity contribution in [2.75, 3.05) is 0 Å². The van der Waals surface area contributed by atoms with E-state index < -0.39 is 0 Å². The highest BCUT2D eigenvalue weighted by Crippen LogP contribution is 2.09. The molecule has 17 heavy (non-hydrogen) atoms. The van der Waals surface area contributed by atoms with Crippen LogP contribution in [-0.2, 0) is 6.54 Å². The zero-order chi connectivity index (χ0) is 12.3. The summed E-state index contributed by atoms with van der Waals surface area (Å²) in [6, 6.07) is 9.18. The van der Waals surface area contributed by atoms with Crippen molar-refractivity contribution in [3.8, 4) is 6.07 Å². The lowest BCUT2D eigenvalue weighted by molar-refractivity contribution is 0.100. The maximum absolute atomic E-state index is 11.4. The molecule has 0 fully saturated rings. The molecule has 0 spiro atoms. The first-order chi connectivity index (χ1) is 8.20. The molecule has 4 heteroatoms. The third-order valence-electron chi connectivity index (χ3n) is 2.48. The maximum Gasteiger partial charge on any atom is 0.176 e. The third-order valence-corrected chi connectivity index (χ3v) is 2.48. The smallest absolute Gasteiger partial charge is 0.176 e. The lowest BCUT2D eigenvalue weighted by Crippen LogP contribution is -2.06. The Morgan fingerprint density at radius 1 is 1.53 bits per heavy atom. The van der Waals surface area contributed by atoms with Crippen LogP contribution >= 0.6 is 0 Å². The number of ketones is 1. The second kappa shape index (κ2) is 4.62. The summed E-state index contributed by atoms with van der Waals surface area (Å²) in [5.74, 6) is 0.0320. The molecule has 0 saturated carbocycles. The Morgan fingerprint density at radius 3 is 3.06 bits per heavy atom. The Balaban J connectivity index is 2.29. The van der Waals surface area contributed by atoms with Crippen LogP contribution in [-0.4, -0.2) is 15.3 Å². The van der Waals surface area contributed by atoms with Gasteiger partial charge in [-0.15, -0.1) is 0 Å². The SMILES string of the molecule is CC(=O)c1cccn1Cc1ccnc(C#N)c1. The quantitative estimate of drug-likeness (QED) is 0.751. The summed E-state index contributed by atoms with van der Waals surface area (Å²) in [5.41, 5.74) is 2.01. The van der Waals surface area contributed by atoms with Crippen molar-refractivity contribution >= 4 is 5.78 Å². The third kappa shape index (κ3) is 2.40. The van der Waals surface area contributed by atoms with Crippen LogP contribution in [0.5, 0.6) is 0 Å². The molecule has 0 aromatic carbocycles. The fourth-order valence-electron chi connectivity index (χ4n) is 1.70. The highest BCUT2D eigenvalue weighted by molar-refractivity contribution is 5.92. The van der Waals surface area contributed by atoms with Crippen LogP contribution in [0.15, 0.2) is 36.7 Å². The van der Waals surface area contributed by atoms with E-state index in [4.69, 9.17) is 5.26 Å². The first kappa shape index (κ1) is 11.1. The first-order valence-electron chi connectivity index (χ1n) is 5.22. The minimum absolute atomic E-state index is 0.0320. The maximum atomic E-state index is 11.4. The highest BCUT2D eigenvalue weighted by Gasteiger charge is 2.06. The zero-order valence-electron chi connectivity index (χ0n) is 9.42. The number of aromatic nitrogens is 2. The van der Waals surface area contributed by atoms with E-state index in [-0.39, 0.29) is 5.78 Å². The van der Waals surface area contributed by atoms with Crippen LogP contribution in [0.25, 0.3) is 0 Å². The molecule has 2 rings (SSSR count). The van der Waals surface area contributed by atoms with Crippen LogP contribution in [0.3, 0.4) is 0 Å². The van der Waals surface area contributed by atoms with Crippen LogP contribution in [0.4, 0.5) is 0 Å². The van der Waals surface area contributed by atoms with Crippen molar-refractivity contribution in [3.05, 3.63) is 53.6 Å². The number of hydrogen-bond acceptors (Lipinski definition) is 3. The van der Waals surface area contributed by atoms with Gasteiger partial charge in [-0.3, -0.25) is 4.79 Å². The Hall–Kier alpha value is -2.41. The second-order valence-corrected chi connectivity index (χ2v) is 3.74. The lowest BCUT2D eigenvalue weighted by atomic mass is 10.2. The first-order valence-corrected chi connectivity index (χ1v) is 5.22. The summed E-state index contributed by atoms with van der Waals surface area (Å²) in [7, 11) is 0. The molecule has 84 valence electrons. The molecule has 0 aliphatic carbocycles. The predicted octanol–water partition coefficient (Wildman–Crippen LogP) is 2.01. The summed E-state index contributed by atoms with van der Waals surface area (Å²) in [4.78, 5) is 15.3. The molecule has 2 aromatic rings. The van der Waals surface area contributed by atoms with Gasteiger partial charge in [-0.05, 0) is 29.8 Å². The largest absolute Gasteiger partial charge is 0.341 e. The second-order valence-electron chi connectivity index (χ2n) is 3.74. The van der Waals surface area contributed by atoms with E-state index in [0.717, 1.165) is 5.56 Å². The molecule has 0 atom stereocenters. The number of pyridine rings is 1. The Kier molecular flexibility index (Phi) is 3.01. The van der Waals surface area contributed by atoms with Crippen molar-refractivity contribution in [3.63, 3.8) is 0 Å². The summed E-state index contributed by atoms with van der Waals surface area (Å²) in [6.45, 7) is 2.11. The number of rotatable bonds is 3. The number of hydrogen-bond donors (Lipinski definition) is 0. The topological polar surface area (TPSA) is 58.7 Å². The minimum atomic E-state index is 0.0320. The van der Waals surface area contributed by atoms with Gasteiger partial charge in [0, 0.05) is 25.9 Å². The Bertz CT molecular complexity index is 593. The summed E-state index contributed by atoms with van der Waals surface area (Å²) in [5, 5.41) is 8.76. The van der Waals surface area contributed by atoms with Gasteiger partial charge >= 0.3 is 0 Å². The van der Waals surface area contributed by atoms with Gasteiger partial charge in [0.25, 0.3) is 0 Å². The average molecular weight is 225 g/mol. The van der Waals surface area contributed by atoms with E-state index in [1.54, 1.807) is 25.3 Å². The standard InChI is InChI=1S/C13H11N3O/c1-10(17)13-3-2-6-16(13)9-11-4-5-15-12(7-11)8-14/h2-7H,9H2,1H3. The molecular weight excluding hydrogens is 214 g/mol. The average Bonchev–Trinajstić information content (AvgIpc) is 2.77. The van der Waals surface area contributed by atoms with Crippen LogP contribution < -0.4 is 0 Å². The molecular formula is C13H11N3O. The molecule has 4 nitrogen and oxygen atoms in total. The van der Waals surface area contributed by atoms with Gasteiger partial charge < -0.3 is 4.57 Å². The van der Waals surface area contributed by atoms with Crippen LogP contribution in [0.2, 0.25) is 0 Å². The fraction of sp³-hybridized carbons (Fsp3) is 0.154. The van der Waals surface area contributed by atoms with Gasteiger partial charge in [0.15, 0.2) is 5.78 Å². The van der Waals surface area contributed by atoms with Gasteiger partial charge in [0.1, 0.15) is 11.8 Å². The number of carbonyl (C=O) groups excluding carboxylic acids is 1. The van der Waals surface area contributed by atoms with Crippen LogP contribution in [0, 0.1) is 11.3 Å². The molecule has 0 saturated heterocycles. The van der Waals surface area contributed by atoms with Crippen molar-refractivity contribution in [1.29, 1.82) is 5.26 Å².